The SMILES string of the molecule is CCCN1CCC2(CCN(CC(=O)NCc3ccccc3OC)C2)C1=O. The van der Waals surface area contributed by atoms with Crippen molar-refractivity contribution >= 4 is 11.8 Å². The predicted octanol–water partition coefficient (Wildman–Crippen LogP) is 1.65. The molecule has 2 aliphatic heterocycles. The largest absolute Gasteiger partial charge is 0.496 e. The number of nitrogens with one attached hydrogen (secondary N) is 1. The molecular weight excluding hydrogens is 330 g/mol. The maximum Gasteiger partial charge on any atom is 0.234 e. The second-order valence-electron chi connectivity index (χ2n) is 7.37. The molecule has 0 aliphatic carbocycles. The van der Waals surface area contributed by atoms with E-state index in [0.29, 0.717) is 19.6 Å². The van der Waals surface area contributed by atoms with Crippen LogP contribution in [0.3, 0.4) is 0 Å². The van der Waals surface area contributed by atoms with Crippen molar-refractivity contribution in [1.29, 1.82) is 0 Å². The molecule has 1 aromatic carbocycles. The zero-order chi connectivity index (χ0) is 18.6. The number of benzene rings is 1. The lowest BCUT2D eigenvalue weighted by molar-refractivity contribution is -0.135. The molecule has 6 nitrogen and oxygen atoms in total. The van der Waals surface area contributed by atoms with Gasteiger partial charge in [0.15, 0.2) is 0 Å². The van der Waals surface area contributed by atoms with Gasteiger partial charge in [0.1, 0.15) is 5.75 Å². The first-order valence-electron chi connectivity index (χ1n) is 9.48. The van der Waals surface area contributed by atoms with Crippen molar-refractivity contribution in [3.63, 3.8) is 0 Å². The highest BCUT2D eigenvalue weighted by molar-refractivity contribution is 5.86. The fourth-order valence-corrected chi connectivity index (χ4v) is 4.15. The Kier molecular flexibility index (Phi) is 5.81. The molecule has 1 aromatic rings. The van der Waals surface area contributed by atoms with Crippen molar-refractivity contribution in [2.24, 2.45) is 5.41 Å². The van der Waals surface area contributed by atoms with Crippen LogP contribution in [-0.4, -0.2) is 61.4 Å². The van der Waals surface area contributed by atoms with Gasteiger partial charge in [0.25, 0.3) is 0 Å². The van der Waals surface area contributed by atoms with E-state index in [1.54, 1.807) is 7.11 Å². The van der Waals surface area contributed by atoms with Gasteiger partial charge in [-0.3, -0.25) is 14.5 Å². The average molecular weight is 359 g/mol. The molecule has 0 aromatic heterocycles. The summed E-state index contributed by atoms with van der Waals surface area (Å²) in [5, 5.41) is 2.96. The second-order valence-corrected chi connectivity index (χ2v) is 7.37. The van der Waals surface area contributed by atoms with Crippen LogP contribution in [0.4, 0.5) is 0 Å². The highest BCUT2D eigenvalue weighted by Gasteiger charge is 2.50. The molecule has 2 saturated heterocycles. The molecule has 26 heavy (non-hydrogen) atoms. The van der Waals surface area contributed by atoms with E-state index in [-0.39, 0.29) is 17.2 Å². The summed E-state index contributed by atoms with van der Waals surface area (Å²) in [5.41, 5.74) is 0.709. The number of nitrogens with zero attached hydrogens (tertiary/aromatic N) is 2. The first-order chi connectivity index (χ1) is 12.6. The van der Waals surface area contributed by atoms with Crippen molar-refractivity contribution in [3.8, 4) is 5.75 Å². The average Bonchev–Trinajstić information content (AvgIpc) is 3.19. The molecule has 2 aliphatic rings. The summed E-state index contributed by atoms with van der Waals surface area (Å²) in [5.74, 6) is 1.06. The van der Waals surface area contributed by atoms with Crippen LogP contribution in [0.5, 0.6) is 5.75 Å². The number of amides is 2. The standard InChI is InChI=1S/C20H29N3O3/c1-3-10-23-12-9-20(19(23)25)8-11-22(15-20)14-18(24)21-13-16-6-4-5-7-17(16)26-2/h4-7H,3,8-15H2,1-2H3,(H,21,24). The van der Waals surface area contributed by atoms with Crippen LogP contribution in [0.2, 0.25) is 0 Å². The zero-order valence-electron chi connectivity index (χ0n) is 15.8. The summed E-state index contributed by atoms with van der Waals surface area (Å²) in [7, 11) is 1.63. The lowest BCUT2D eigenvalue weighted by Gasteiger charge is -2.23. The third-order valence-corrected chi connectivity index (χ3v) is 5.56. The minimum atomic E-state index is -0.252. The van der Waals surface area contributed by atoms with Crippen LogP contribution in [0.1, 0.15) is 31.7 Å². The van der Waals surface area contributed by atoms with E-state index in [1.165, 1.54) is 0 Å². The van der Waals surface area contributed by atoms with Gasteiger partial charge < -0.3 is 15.0 Å². The maximum atomic E-state index is 12.7. The minimum absolute atomic E-state index is 0.0104. The number of rotatable bonds is 7. The zero-order valence-corrected chi connectivity index (χ0v) is 15.8. The molecule has 0 bridgehead atoms. The Labute approximate surface area is 155 Å². The second kappa shape index (κ2) is 8.08. The summed E-state index contributed by atoms with van der Waals surface area (Å²) in [4.78, 5) is 29.2. The van der Waals surface area contributed by atoms with Crippen LogP contribution in [0.15, 0.2) is 24.3 Å². The highest BCUT2D eigenvalue weighted by Crippen LogP contribution is 2.40. The van der Waals surface area contributed by atoms with Gasteiger partial charge in [0.2, 0.25) is 11.8 Å². The lowest BCUT2D eigenvalue weighted by atomic mass is 9.85. The van der Waals surface area contributed by atoms with Crippen LogP contribution in [0.25, 0.3) is 0 Å². The van der Waals surface area contributed by atoms with Crippen molar-refractivity contribution in [2.45, 2.75) is 32.7 Å². The molecule has 1 unspecified atom stereocenters. The first-order valence-corrected chi connectivity index (χ1v) is 9.48. The number of carbonyl (C=O) groups excluding carboxylic acids is 2. The topological polar surface area (TPSA) is 61.9 Å². The van der Waals surface area contributed by atoms with Crippen LogP contribution >= 0.6 is 0 Å². The maximum absolute atomic E-state index is 12.7. The smallest absolute Gasteiger partial charge is 0.234 e. The van der Waals surface area contributed by atoms with Gasteiger partial charge in [-0.25, -0.2) is 0 Å². The van der Waals surface area contributed by atoms with Crippen molar-refractivity contribution < 1.29 is 14.3 Å². The van der Waals surface area contributed by atoms with E-state index in [0.717, 1.165) is 50.2 Å². The molecule has 3 rings (SSSR count). The van der Waals surface area contributed by atoms with Gasteiger partial charge in [-0.05, 0) is 31.9 Å². The molecular formula is C20H29N3O3. The third kappa shape index (κ3) is 3.85. The van der Waals surface area contributed by atoms with Crippen molar-refractivity contribution in [2.75, 3.05) is 39.8 Å². The Morgan fingerprint density at radius 2 is 2.04 bits per heavy atom. The summed E-state index contributed by atoms with van der Waals surface area (Å²) in [6.07, 6.45) is 2.79. The fourth-order valence-electron chi connectivity index (χ4n) is 4.15. The van der Waals surface area contributed by atoms with E-state index >= 15 is 0 Å². The van der Waals surface area contributed by atoms with Gasteiger partial charge in [-0.2, -0.15) is 0 Å². The molecule has 0 saturated carbocycles. The van der Waals surface area contributed by atoms with Gasteiger partial charge in [0.05, 0.1) is 19.1 Å². The van der Waals surface area contributed by atoms with Crippen LogP contribution in [-0.2, 0) is 16.1 Å². The van der Waals surface area contributed by atoms with Crippen LogP contribution < -0.4 is 10.1 Å². The quantitative estimate of drug-likeness (QED) is 0.804. The normalized spacial score (nSPS) is 23.0. The number of likely N-dealkylation sites (tertiary alicyclic amines) is 2. The third-order valence-electron chi connectivity index (χ3n) is 5.56. The van der Waals surface area contributed by atoms with Gasteiger partial charge >= 0.3 is 0 Å². The summed E-state index contributed by atoms with van der Waals surface area (Å²) in [6, 6.07) is 7.68. The first kappa shape index (κ1) is 18.7. The Hall–Kier alpha value is -2.08. The number of para-hydroxylation sites is 1. The molecule has 2 amide bonds. The molecule has 2 heterocycles. The van der Waals surface area contributed by atoms with Gasteiger partial charge in [0, 0.05) is 31.7 Å². The van der Waals surface area contributed by atoms with Crippen molar-refractivity contribution in [3.05, 3.63) is 29.8 Å². The van der Waals surface area contributed by atoms with Gasteiger partial charge in [-0.1, -0.05) is 25.1 Å². The van der Waals surface area contributed by atoms with E-state index in [2.05, 4.69) is 17.1 Å². The molecule has 142 valence electrons. The highest BCUT2D eigenvalue weighted by atomic mass is 16.5. The fraction of sp³-hybridized carbons (Fsp3) is 0.600. The molecule has 1 N–H and O–H groups in total. The lowest BCUT2D eigenvalue weighted by Crippen LogP contribution is -2.40. The Morgan fingerprint density at radius 1 is 1.27 bits per heavy atom. The van der Waals surface area contributed by atoms with E-state index in [9.17, 15) is 9.59 Å². The molecule has 6 heteroatoms. The Morgan fingerprint density at radius 3 is 2.81 bits per heavy atom. The number of methoxy groups -OCH3 is 1. The molecule has 1 spiro atoms. The Balaban J connectivity index is 1.50. The van der Waals surface area contributed by atoms with Gasteiger partial charge in [-0.15, -0.1) is 0 Å². The molecule has 2 fully saturated rings. The molecule has 0 radical (unpaired) electrons. The summed E-state index contributed by atoms with van der Waals surface area (Å²) < 4.78 is 5.31. The van der Waals surface area contributed by atoms with Crippen molar-refractivity contribution in [1.82, 2.24) is 15.1 Å². The number of hydrogen-bond donors (Lipinski definition) is 1. The molecule has 1 atom stereocenters. The number of hydrogen-bond acceptors (Lipinski definition) is 4. The van der Waals surface area contributed by atoms with E-state index in [1.807, 2.05) is 29.2 Å². The predicted molar refractivity (Wildman–Crippen MR) is 99.8 cm³/mol. The minimum Gasteiger partial charge on any atom is -0.496 e. The number of ether oxygens (including phenoxy) is 1. The van der Waals surface area contributed by atoms with E-state index < -0.39 is 0 Å². The van der Waals surface area contributed by atoms with E-state index in [4.69, 9.17) is 4.74 Å². The number of carbonyl (C=O) groups is 2. The van der Waals surface area contributed by atoms with Crippen LogP contribution in [0, 0.1) is 5.41 Å². The Bertz CT molecular complexity index is 663. The summed E-state index contributed by atoms with van der Waals surface area (Å²) >= 11 is 0. The monoisotopic (exact) mass is 359 g/mol. The summed E-state index contributed by atoms with van der Waals surface area (Å²) in [6.45, 7) is 6.12.